The average molecular weight is 299 g/mol. The van der Waals surface area contributed by atoms with Crippen molar-refractivity contribution in [3.63, 3.8) is 0 Å². The van der Waals surface area contributed by atoms with Crippen LogP contribution in [0.25, 0.3) is 0 Å². The van der Waals surface area contributed by atoms with Crippen LogP contribution < -0.4 is 5.32 Å². The van der Waals surface area contributed by atoms with Crippen molar-refractivity contribution in [2.24, 2.45) is 5.92 Å². The summed E-state index contributed by atoms with van der Waals surface area (Å²) < 4.78 is 5.24. The van der Waals surface area contributed by atoms with Gasteiger partial charge in [-0.3, -0.25) is 14.6 Å². The van der Waals surface area contributed by atoms with Crippen molar-refractivity contribution in [1.82, 2.24) is 15.2 Å². The molecule has 2 aromatic rings. The molecule has 0 radical (unpaired) electrons. The first kappa shape index (κ1) is 14.3. The summed E-state index contributed by atoms with van der Waals surface area (Å²) in [4.78, 5) is 29.8. The van der Waals surface area contributed by atoms with Gasteiger partial charge in [0.25, 0.3) is 0 Å². The zero-order valence-corrected chi connectivity index (χ0v) is 12.1. The SMILES string of the molecule is O=C(NCc1ccncc1)C1CC(=O)N(Cc2ccco2)C1. The number of hydrogen-bond acceptors (Lipinski definition) is 4. The van der Waals surface area contributed by atoms with Crippen LogP contribution in [-0.2, 0) is 22.7 Å². The monoisotopic (exact) mass is 299 g/mol. The normalized spacial score (nSPS) is 17.7. The minimum atomic E-state index is -0.302. The highest BCUT2D eigenvalue weighted by atomic mass is 16.3. The molecule has 0 spiro atoms. The minimum absolute atomic E-state index is 0.0135. The van der Waals surface area contributed by atoms with Crippen LogP contribution in [0.3, 0.4) is 0 Å². The summed E-state index contributed by atoms with van der Waals surface area (Å²) in [6.07, 6.45) is 5.20. The Balaban J connectivity index is 1.52. The standard InChI is InChI=1S/C16H17N3O3/c20-15-8-13(10-19(15)11-14-2-1-7-22-14)16(21)18-9-12-3-5-17-6-4-12/h1-7,13H,8-11H2,(H,18,21). The molecule has 3 rings (SSSR count). The number of carbonyl (C=O) groups excluding carboxylic acids is 2. The summed E-state index contributed by atoms with van der Waals surface area (Å²) in [5.41, 5.74) is 0.986. The van der Waals surface area contributed by atoms with Gasteiger partial charge in [0.05, 0.1) is 18.7 Å². The van der Waals surface area contributed by atoms with E-state index in [-0.39, 0.29) is 24.2 Å². The van der Waals surface area contributed by atoms with Crippen molar-refractivity contribution >= 4 is 11.8 Å². The van der Waals surface area contributed by atoms with Gasteiger partial charge >= 0.3 is 0 Å². The predicted molar refractivity (Wildman–Crippen MR) is 78.3 cm³/mol. The lowest BCUT2D eigenvalue weighted by Crippen LogP contribution is -2.32. The maximum atomic E-state index is 12.2. The van der Waals surface area contributed by atoms with Crippen LogP contribution >= 0.6 is 0 Å². The number of pyridine rings is 1. The lowest BCUT2D eigenvalue weighted by molar-refractivity contribution is -0.129. The number of aromatic nitrogens is 1. The molecule has 1 atom stereocenters. The fourth-order valence-corrected chi connectivity index (χ4v) is 2.53. The Bertz CT molecular complexity index is 640. The largest absolute Gasteiger partial charge is 0.467 e. The van der Waals surface area contributed by atoms with Gasteiger partial charge in [0.2, 0.25) is 11.8 Å². The fraction of sp³-hybridized carbons (Fsp3) is 0.312. The molecule has 3 heterocycles. The summed E-state index contributed by atoms with van der Waals surface area (Å²) in [6.45, 7) is 1.30. The van der Waals surface area contributed by atoms with Crippen molar-refractivity contribution < 1.29 is 14.0 Å². The molecule has 1 aliphatic heterocycles. The Morgan fingerprint density at radius 1 is 1.36 bits per heavy atom. The van der Waals surface area contributed by atoms with Crippen LogP contribution in [0.2, 0.25) is 0 Å². The zero-order valence-electron chi connectivity index (χ0n) is 12.1. The van der Waals surface area contributed by atoms with Crippen molar-refractivity contribution in [3.05, 3.63) is 54.2 Å². The molecule has 6 heteroatoms. The van der Waals surface area contributed by atoms with Gasteiger partial charge in [0.15, 0.2) is 0 Å². The summed E-state index contributed by atoms with van der Waals surface area (Å²) in [5, 5.41) is 2.87. The number of furan rings is 1. The Hall–Kier alpha value is -2.63. The Morgan fingerprint density at radius 3 is 2.91 bits per heavy atom. The molecule has 1 aliphatic rings. The molecule has 114 valence electrons. The maximum Gasteiger partial charge on any atom is 0.225 e. The second-order valence-electron chi connectivity index (χ2n) is 5.33. The summed E-state index contributed by atoms with van der Waals surface area (Å²) in [6, 6.07) is 7.31. The number of likely N-dealkylation sites (tertiary alicyclic amines) is 1. The molecule has 1 N–H and O–H groups in total. The summed E-state index contributed by atoms with van der Waals surface area (Å²) in [5.74, 6) is 0.322. The topological polar surface area (TPSA) is 75.4 Å². The van der Waals surface area contributed by atoms with Crippen molar-refractivity contribution in [2.45, 2.75) is 19.5 Å². The molecular weight excluding hydrogens is 282 g/mol. The van der Waals surface area contributed by atoms with E-state index in [1.807, 2.05) is 18.2 Å². The molecule has 2 aromatic heterocycles. The lowest BCUT2D eigenvalue weighted by atomic mass is 10.1. The number of nitrogens with zero attached hydrogens (tertiary/aromatic N) is 2. The average Bonchev–Trinajstić information content (AvgIpc) is 3.17. The third-order valence-electron chi connectivity index (χ3n) is 3.73. The van der Waals surface area contributed by atoms with Crippen LogP contribution in [0.5, 0.6) is 0 Å². The number of carbonyl (C=O) groups is 2. The van der Waals surface area contributed by atoms with Gasteiger partial charge in [0.1, 0.15) is 5.76 Å². The molecule has 1 fully saturated rings. The second kappa shape index (κ2) is 6.43. The maximum absolute atomic E-state index is 12.2. The third kappa shape index (κ3) is 3.33. The van der Waals surface area contributed by atoms with E-state index in [1.54, 1.807) is 29.6 Å². The second-order valence-corrected chi connectivity index (χ2v) is 5.33. The molecule has 1 unspecified atom stereocenters. The molecule has 6 nitrogen and oxygen atoms in total. The van der Waals surface area contributed by atoms with Crippen molar-refractivity contribution in [2.75, 3.05) is 6.54 Å². The first-order valence-electron chi connectivity index (χ1n) is 7.19. The molecule has 1 saturated heterocycles. The summed E-state index contributed by atoms with van der Waals surface area (Å²) in [7, 11) is 0. The third-order valence-corrected chi connectivity index (χ3v) is 3.73. The molecule has 22 heavy (non-hydrogen) atoms. The van der Waals surface area contributed by atoms with Crippen LogP contribution in [0, 0.1) is 5.92 Å². The number of hydrogen-bond donors (Lipinski definition) is 1. The van der Waals surface area contributed by atoms with Gasteiger partial charge in [-0.1, -0.05) is 0 Å². The molecular formula is C16H17N3O3. The molecule has 0 aromatic carbocycles. The van der Waals surface area contributed by atoms with Crippen LogP contribution in [0.4, 0.5) is 0 Å². The molecule has 0 aliphatic carbocycles. The highest BCUT2D eigenvalue weighted by Crippen LogP contribution is 2.20. The van der Waals surface area contributed by atoms with Gasteiger partial charge in [-0.15, -0.1) is 0 Å². The van der Waals surface area contributed by atoms with Crippen molar-refractivity contribution in [3.8, 4) is 0 Å². The van der Waals surface area contributed by atoms with Gasteiger partial charge in [0, 0.05) is 31.9 Å². The lowest BCUT2D eigenvalue weighted by Gasteiger charge is -2.15. The van der Waals surface area contributed by atoms with E-state index in [4.69, 9.17) is 4.42 Å². The van der Waals surface area contributed by atoms with Gasteiger partial charge in [-0.2, -0.15) is 0 Å². The van der Waals surface area contributed by atoms with E-state index >= 15 is 0 Å². The Morgan fingerprint density at radius 2 is 2.18 bits per heavy atom. The van der Waals surface area contributed by atoms with Gasteiger partial charge in [-0.25, -0.2) is 0 Å². The Labute approximate surface area is 128 Å². The van der Waals surface area contributed by atoms with E-state index in [1.165, 1.54) is 0 Å². The predicted octanol–water partition coefficient (Wildman–Crippen LogP) is 1.34. The van der Waals surface area contributed by atoms with E-state index < -0.39 is 0 Å². The van der Waals surface area contributed by atoms with Crippen LogP contribution in [-0.4, -0.2) is 28.2 Å². The Kier molecular flexibility index (Phi) is 4.18. The first-order valence-corrected chi connectivity index (χ1v) is 7.19. The van der Waals surface area contributed by atoms with E-state index in [0.717, 1.165) is 11.3 Å². The first-order chi connectivity index (χ1) is 10.7. The molecule has 0 bridgehead atoms. The molecule has 2 amide bonds. The van der Waals surface area contributed by atoms with Gasteiger partial charge < -0.3 is 14.6 Å². The highest BCUT2D eigenvalue weighted by molar-refractivity contribution is 5.89. The van der Waals surface area contributed by atoms with Crippen LogP contribution in [0.1, 0.15) is 17.7 Å². The van der Waals surface area contributed by atoms with Crippen molar-refractivity contribution in [1.29, 1.82) is 0 Å². The highest BCUT2D eigenvalue weighted by Gasteiger charge is 2.34. The minimum Gasteiger partial charge on any atom is -0.467 e. The molecule has 0 saturated carbocycles. The fourth-order valence-electron chi connectivity index (χ4n) is 2.53. The van der Waals surface area contributed by atoms with Gasteiger partial charge in [-0.05, 0) is 29.8 Å². The van der Waals surface area contributed by atoms with E-state index in [9.17, 15) is 9.59 Å². The quantitative estimate of drug-likeness (QED) is 0.904. The number of amides is 2. The zero-order chi connectivity index (χ0) is 15.4. The van der Waals surface area contributed by atoms with E-state index in [2.05, 4.69) is 10.3 Å². The number of nitrogens with one attached hydrogen (secondary N) is 1. The van der Waals surface area contributed by atoms with E-state index in [0.29, 0.717) is 19.6 Å². The summed E-state index contributed by atoms with van der Waals surface area (Å²) >= 11 is 0. The van der Waals surface area contributed by atoms with Crippen LogP contribution in [0.15, 0.2) is 47.3 Å². The smallest absolute Gasteiger partial charge is 0.225 e. The number of rotatable bonds is 5.